The van der Waals surface area contributed by atoms with Gasteiger partial charge in [0.05, 0.1) is 10.6 Å². The number of amides is 1. The second kappa shape index (κ2) is 5.88. The fourth-order valence-electron chi connectivity index (χ4n) is 1.91. The molecule has 0 unspecified atom stereocenters. The lowest BCUT2D eigenvalue weighted by Gasteiger charge is -2.07. The maximum Gasteiger partial charge on any atom is 0.312 e. The Morgan fingerprint density at radius 2 is 2.24 bits per heavy atom. The molecule has 0 aliphatic carbocycles. The van der Waals surface area contributed by atoms with Crippen LogP contribution in [0.2, 0.25) is 5.15 Å². The number of nitrogens with zero attached hydrogens (tertiary/aromatic N) is 4. The third kappa shape index (κ3) is 3.16. The third-order valence-electron chi connectivity index (χ3n) is 2.85. The monoisotopic (exact) mass is 309 g/mol. The van der Waals surface area contributed by atoms with Gasteiger partial charge in [-0.25, -0.2) is 4.98 Å². The predicted molar refractivity (Wildman–Crippen MR) is 76.2 cm³/mol. The molecule has 0 aromatic carbocycles. The van der Waals surface area contributed by atoms with E-state index in [-0.39, 0.29) is 23.1 Å². The summed E-state index contributed by atoms with van der Waals surface area (Å²) in [6.45, 7) is 2.92. The lowest BCUT2D eigenvalue weighted by Crippen LogP contribution is -2.20. The van der Waals surface area contributed by atoms with Crippen molar-refractivity contribution in [2.75, 3.05) is 5.32 Å². The summed E-state index contributed by atoms with van der Waals surface area (Å²) in [5.74, 6) is -0.398. The molecule has 0 atom stereocenters. The van der Waals surface area contributed by atoms with Gasteiger partial charge in [0.2, 0.25) is 5.91 Å². The molecule has 110 valence electrons. The van der Waals surface area contributed by atoms with Gasteiger partial charge in [-0.05, 0) is 26.0 Å². The topological polar surface area (TPSA) is 103 Å². The Morgan fingerprint density at radius 3 is 2.81 bits per heavy atom. The van der Waals surface area contributed by atoms with Crippen LogP contribution in [0.1, 0.15) is 11.4 Å². The first-order chi connectivity index (χ1) is 9.90. The van der Waals surface area contributed by atoms with E-state index < -0.39 is 10.8 Å². The van der Waals surface area contributed by atoms with Crippen LogP contribution in [-0.2, 0) is 11.3 Å². The predicted octanol–water partition coefficient (Wildman–Crippen LogP) is 2.10. The minimum atomic E-state index is -0.510. The molecule has 0 saturated heterocycles. The highest BCUT2D eigenvalue weighted by molar-refractivity contribution is 6.32. The van der Waals surface area contributed by atoms with Crippen molar-refractivity contribution in [3.05, 3.63) is 45.0 Å². The highest BCUT2D eigenvalue weighted by Gasteiger charge is 2.22. The summed E-state index contributed by atoms with van der Waals surface area (Å²) in [6, 6.07) is 3.24. The van der Waals surface area contributed by atoms with Crippen molar-refractivity contribution >= 4 is 28.9 Å². The van der Waals surface area contributed by atoms with Crippen LogP contribution < -0.4 is 5.32 Å². The van der Waals surface area contributed by atoms with Gasteiger partial charge in [-0.15, -0.1) is 0 Å². The van der Waals surface area contributed by atoms with Crippen molar-refractivity contribution in [3.8, 4) is 0 Å². The first-order valence-electron chi connectivity index (χ1n) is 5.99. The van der Waals surface area contributed by atoms with Gasteiger partial charge in [0.25, 0.3) is 0 Å². The van der Waals surface area contributed by atoms with Crippen molar-refractivity contribution in [2.45, 2.75) is 20.4 Å². The normalized spacial score (nSPS) is 10.4. The number of carbonyl (C=O) groups excluding carboxylic acids is 1. The molecule has 0 saturated carbocycles. The lowest BCUT2D eigenvalue weighted by molar-refractivity contribution is -0.386. The summed E-state index contributed by atoms with van der Waals surface area (Å²) < 4.78 is 1.28. The standard InChI is InChI=1S/C12H12ClN5O3/c1-7-11(18(20)21)8(2)17(16-7)6-10(19)15-9-4-3-5-14-12(9)13/h3-5H,6H2,1-2H3,(H,15,19). The number of nitro groups is 1. The van der Waals surface area contributed by atoms with Gasteiger partial charge in [-0.2, -0.15) is 5.10 Å². The Bertz CT molecular complexity index is 713. The van der Waals surface area contributed by atoms with Gasteiger partial charge in [-0.1, -0.05) is 11.6 Å². The Balaban J connectivity index is 2.16. The zero-order valence-corrected chi connectivity index (χ0v) is 12.1. The van der Waals surface area contributed by atoms with Gasteiger partial charge < -0.3 is 5.32 Å². The second-order valence-electron chi connectivity index (χ2n) is 4.32. The Hall–Kier alpha value is -2.48. The molecular weight excluding hydrogens is 298 g/mol. The third-order valence-corrected chi connectivity index (χ3v) is 3.15. The number of hydrogen-bond acceptors (Lipinski definition) is 5. The molecule has 0 fully saturated rings. The highest BCUT2D eigenvalue weighted by atomic mass is 35.5. The number of carbonyl (C=O) groups is 1. The molecular formula is C12H12ClN5O3. The fraction of sp³-hybridized carbons (Fsp3) is 0.250. The number of rotatable bonds is 4. The zero-order valence-electron chi connectivity index (χ0n) is 11.3. The van der Waals surface area contributed by atoms with Crippen LogP contribution in [0.4, 0.5) is 11.4 Å². The van der Waals surface area contributed by atoms with Gasteiger partial charge in [0, 0.05) is 6.20 Å². The van der Waals surface area contributed by atoms with E-state index in [4.69, 9.17) is 11.6 Å². The Kier molecular flexibility index (Phi) is 4.18. The zero-order chi connectivity index (χ0) is 15.6. The van der Waals surface area contributed by atoms with E-state index >= 15 is 0 Å². The van der Waals surface area contributed by atoms with Crippen LogP contribution >= 0.6 is 11.6 Å². The number of aryl methyl sites for hydroxylation is 1. The number of anilines is 1. The number of hydrogen-bond donors (Lipinski definition) is 1. The van der Waals surface area contributed by atoms with E-state index in [1.165, 1.54) is 17.8 Å². The Labute approximate surface area is 124 Å². The van der Waals surface area contributed by atoms with Crippen molar-refractivity contribution < 1.29 is 9.72 Å². The molecule has 1 N–H and O–H groups in total. The van der Waals surface area contributed by atoms with Crippen molar-refractivity contribution in [1.29, 1.82) is 0 Å². The number of aromatic nitrogens is 3. The molecule has 0 radical (unpaired) electrons. The molecule has 21 heavy (non-hydrogen) atoms. The van der Waals surface area contributed by atoms with Crippen LogP contribution in [0, 0.1) is 24.0 Å². The smallest absolute Gasteiger partial charge is 0.312 e. The van der Waals surface area contributed by atoms with E-state index in [1.807, 2.05) is 0 Å². The largest absolute Gasteiger partial charge is 0.322 e. The van der Waals surface area contributed by atoms with Crippen LogP contribution in [0.15, 0.2) is 18.3 Å². The second-order valence-corrected chi connectivity index (χ2v) is 4.68. The van der Waals surface area contributed by atoms with E-state index in [1.54, 1.807) is 19.1 Å². The molecule has 0 bridgehead atoms. The highest BCUT2D eigenvalue weighted by Crippen LogP contribution is 2.22. The minimum Gasteiger partial charge on any atom is -0.322 e. The van der Waals surface area contributed by atoms with Crippen LogP contribution in [0.3, 0.4) is 0 Å². The molecule has 2 heterocycles. The molecule has 1 amide bonds. The summed E-state index contributed by atoms with van der Waals surface area (Å²) in [4.78, 5) is 26.2. The SMILES string of the molecule is Cc1nn(CC(=O)Nc2cccnc2Cl)c(C)c1[N+](=O)[O-]. The average molecular weight is 310 g/mol. The molecule has 0 spiro atoms. The first kappa shape index (κ1) is 14.9. The molecule has 2 aromatic rings. The fourth-order valence-corrected chi connectivity index (χ4v) is 2.08. The number of pyridine rings is 1. The van der Waals surface area contributed by atoms with Crippen molar-refractivity contribution in [1.82, 2.24) is 14.8 Å². The van der Waals surface area contributed by atoms with E-state index in [0.717, 1.165) is 0 Å². The van der Waals surface area contributed by atoms with Crippen molar-refractivity contribution in [3.63, 3.8) is 0 Å². The molecule has 0 aliphatic heterocycles. The Morgan fingerprint density at radius 1 is 1.52 bits per heavy atom. The van der Waals surface area contributed by atoms with E-state index in [0.29, 0.717) is 11.4 Å². The first-order valence-corrected chi connectivity index (χ1v) is 6.36. The van der Waals surface area contributed by atoms with Crippen LogP contribution in [0.25, 0.3) is 0 Å². The van der Waals surface area contributed by atoms with E-state index in [2.05, 4.69) is 15.4 Å². The maximum absolute atomic E-state index is 11.9. The van der Waals surface area contributed by atoms with Crippen LogP contribution in [-0.4, -0.2) is 25.6 Å². The summed E-state index contributed by atoms with van der Waals surface area (Å²) in [7, 11) is 0. The summed E-state index contributed by atoms with van der Waals surface area (Å²) >= 11 is 5.84. The molecule has 9 heteroatoms. The minimum absolute atomic E-state index is 0.0813. The van der Waals surface area contributed by atoms with Crippen LogP contribution in [0.5, 0.6) is 0 Å². The lowest BCUT2D eigenvalue weighted by atomic mass is 10.3. The summed E-state index contributed by atoms with van der Waals surface area (Å²) in [5.41, 5.74) is 0.886. The summed E-state index contributed by atoms with van der Waals surface area (Å²) in [5, 5.41) is 17.7. The summed E-state index contributed by atoms with van der Waals surface area (Å²) in [6.07, 6.45) is 1.50. The quantitative estimate of drug-likeness (QED) is 0.529. The van der Waals surface area contributed by atoms with Gasteiger partial charge >= 0.3 is 5.69 Å². The number of halogens is 1. The average Bonchev–Trinajstić information content (AvgIpc) is 2.67. The molecule has 8 nitrogen and oxygen atoms in total. The van der Waals surface area contributed by atoms with Gasteiger partial charge in [-0.3, -0.25) is 19.6 Å². The van der Waals surface area contributed by atoms with E-state index in [9.17, 15) is 14.9 Å². The molecule has 0 aliphatic rings. The van der Waals surface area contributed by atoms with Crippen molar-refractivity contribution in [2.24, 2.45) is 0 Å². The number of nitrogens with one attached hydrogen (secondary N) is 1. The molecule has 2 rings (SSSR count). The molecule has 2 aromatic heterocycles. The van der Waals surface area contributed by atoms with Gasteiger partial charge in [0.1, 0.15) is 17.9 Å². The van der Waals surface area contributed by atoms with Gasteiger partial charge in [0.15, 0.2) is 5.15 Å². The maximum atomic E-state index is 11.9.